The second kappa shape index (κ2) is 6.91. The molecule has 2 aromatic heterocycles. The van der Waals surface area contributed by atoms with Gasteiger partial charge in [0.1, 0.15) is 22.5 Å². The van der Waals surface area contributed by atoms with E-state index in [-0.39, 0.29) is 23.5 Å². The van der Waals surface area contributed by atoms with E-state index >= 15 is 0 Å². The molecule has 0 aliphatic heterocycles. The van der Waals surface area contributed by atoms with E-state index in [2.05, 4.69) is 0 Å². The van der Waals surface area contributed by atoms with Crippen LogP contribution in [0.4, 0.5) is 5.82 Å². The van der Waals surface area contributed by atoms with Gasteiger partial charge in [-0.3, -0.25) is 4.79 Å². The van der Waals surface area contributed by atoms with Gasteiger partial charge in [-0.1, -0.05) is 6.07 Å². The van der Waals surface area contributed by atoms with Crippen LogP contribution in [0, 0.1) is 0 Å². The number of nitrogens with two attached hydrogens (primary N) is 1. The number of benzene rings is 1. The molecule has 3 rings (SSSR count). The molecule has 0 saturated heterocycles. The van der Waals surface area contributed by atoms with Gasteiger partial charge in [0.2, 0.25) is 5.76 Å². The summed E-state index contributed by atoms with van der Waals surface area (Å²) < 4.78 is 10.2. The molecule has 0 aliphatic rings. The van der Waals surface area contributed by atoms with Crippen molar-refractivity contribution in [3.63, 3.8) is 0 Å². The fourth-order valence-corrected chi connectivity index (χ4v) is 2.84. The van der Waals surface area contributed by atoms with Crippen LogP contribution in [0.25, 0.3) is 22.1 Å². The third kappa shape index (κ3) is 3.07. The number of esters is 1. The first kappa shape index (κ1) is 18.7. The first-order valence-electron chi connectivity index (χ1n) is 7.98. The third-order valence-electron chi connectivity index (χ3n) is 3.95. The average molecular weight is 386 g/mol. The van der Waals surface area contributed by atoms with Gasteiger partial charge in [-0.15, -0.1) is 0 Å². The highest BCUT2D eigenvalue weighted by Gasteiger charge is 2.27. The molecule has 5 N–H and O–H groups in total. The highest BCUT2D eigenvalue weighted by molar-refractivity contribution is 6.08. The molecule has 10 nitrogen and oxygen atoms in total. The molecule has 144 valence electrons. The average Bonchev–Trinajstić information content (AvgIpc) is 3.03. The summed E-state index contributed by atoms with van der Waals surface area (Å²) in [5.41, 5.74) is 3.31. The van der Waals surface area contributed by atoms with E-state index in [9.17, 15) is 29.4 Å². The zero-order valence-electron chi connectivity index (χ0n) is 14.4. The maximum atomic E-state index is 12.1. The number of H-pyrrole nitrogens is 1. The summed E-state index contributed by atoms with van der Waals surface area (Å²) in [6, 6.07) is 5.55. The Bertz CT molecular complexity index is 1190. The van der Waals surface area contributed by atoms with Crippen molar-refractivity contribution >= 4 is 34.7 Å². The normalized spacial score (nSPS) is 10.8. The van der Waals surface area contributed by atoms with Gasteiger partial charge in [0.15, 0.2) is 0 Å². The first-order valence-corrected chi connectivity index (χ1v) is 7.98. The summed E-state index contributed by atoms with van der Waals surface area (Å²) in [7, 11) is 0. The molecular weight excluding hydrogens is 372 g/mol. The molecule has 0 saturated carbocycles. The van der Waals surface area contributed by atoms with Crippen LogP contribution < -0.4 is 11.3 Å². The summed E-state index contributed by atoms with van der Waals surface area (Å²) in [5.74, 6) is -4.35. The topological polar surface area (TPSA) is 173 Å². The van der Waals surface area contributed by atoms with E-state index in [1.165, 1.54) is 24.3 Å². The Hall–Kier alpha value is -4.08. The second-order valence-electron chi connectivity index (χ2n) is 5.69. The number of furan rings is 1. The van der Waals surface area contributed by atoms with Crippen molar-refractivity contribution < 1.29 is 33.8 Å². The monoisotopic (exact) mass is 386 g/mol. The molecule has 0 atom stereocenters. The van der Waals surface area contributed by atoms with E-state index in [0.29, 0.717) is 11.0 Å². The zero-order chi connectivity index (χ0) is 20.6. The first-order chi connectivity index (χ1) is 13.2. The minimum absolute atomic E-state index is 0.0728. The van der Waals surface area contributed by atoms with Crippen LogP contribution in [0.2, 0.25) is 0 Å². The van der Waals surface area contributed by atoms with Crippen LogP contribution in [0.1, 0.15) is 38.2 Å². The molecule has 0 amide bonds. The molecule has 0 aliphatic carbocycles. The highest BCUT2D eigenvalue weighted by Crippen LogP contribution is 2.32. The second-order valence-corrected chi connectivity index (χ2v) is 5.69. The number of hydrogen-bond acceptors (Lipinski definition) is 7. The number of anilines is 1. The van der Waals surface area contributed by atoms with E-state index in [1.54, 1.807) is 6.92 Å². The molecule has 10 heteroatoms. The van der Waals surface area contributed by atoms with Crippen molar-refractivity contribution in [3.05, 3.63) is 51.5 Å². The van der Waals surface area contributed by atoms with E-state index < -0.39 is 40.4 Å². The summed E-state index contributed by atoms with van der Waals surface area (Å²) in [6.45, 7) is 1.79. The SMILES string of the molecule is CCOC(=O)c1cc2cc(-c3c(C(=O)O)c(N)[nH]c(=O)c3C(=O)O)ccc2o1. The van der Waals surface area contributed by atoms with Crippen LogP contribution in [-0.4, -0.2) is 39.7 Å². The van der Waals surface area contributed by atoms with Crippen LogP contribution in [0.5, 0.6) is 0 Å². The number of carboxylic acids is 2. The van der Waals surface area contributed by atoms with Crippen LogP contribution in [0.3, 0.4) is 0 Å². The Morgan fingerprint density at radius 2 is 1.82 bits per heavy atom. The van der Waals surface area contributed by atoms with Gasteiger partial charge in [-0.2, -0.15) is 0 Å². The zero-order valence-corrected chi connectivity index (χ0v) is 14.4. The van der Waals surface area contributed by atoms with Crippen LogP contribution >= 0.6 is 0 Å². The van der Waals surface area contributed by atoms with Gasteiger partial charge < -0.3 is 30.1 Å². The van der Waals surface area contributed by atoms with E-state index in [0.717, 1.165) is 0 Å². The minimum Gasteiger partial charge on any atom is -0.478 e. The van der Waals surface area contributed by atoms with Gasteiger partial charge >= 0.3 is 17.9 Å². The summed E-state index contributed by atoms with van der Waals surface area (Å²) in [5, 5.41) is 19.3. The lowest BCUT2D eigenvalue weighted by Crippen LogP contribution is -2.24. The summed E-state index contributed by atoms with van der Waals surface area (Å²) in [6.07, 6.45) is 0. The number of carboxylic acid groups (broad SMARTS) is 2. The fraction of sp³-hybridized carbons (Fsp3) is 0.111. The number of aromatic amines is 1. The number of carbonyl (C=O) groups excluding carboxylic acids is 1. The molecular formula is C18H14N2O8. The molecule has 1 aromatic carbocycles. The Labute approximate surface area is 156 Å². The van der Waals surface area contributed by atoms with Crippen molar-refractivity contribution in [3.8, 4) is 11.1 Å². The Morgan fingerprint density at radius 1 is 1.14 bits per heavy atom. The molecule has 2 heterocycles. The Kier molecular flexibility index (Phi) is 4.62. The molecule has 0 bridgehead atoms. The van der Waals surface area contributed by atoms with Crippen molar-refractivity contribution in [1.29, 1.82) is 0 Å². The minimum atomic E-state index is -1.61. The number of carbonyl (C=O) groups is 3. The van der Waals surface area contributed by atoms with Crippen molar-refractivity contribution in [2.45, 2.75) is 6.92 Å². The number of pyridine rings is 1. The number of rotatable bonds is 5. The molecule has 3 aromatic rings. The third-order valence-corrected chi connectivity index (χ3v) is 3.95. The molecule has 0 fully saturated rings. The molecule has 0 unspecified atom stereocenters. The van der Waals surface area contributed by atoms with Crippen molar-refractivity contribution in [2.24, 2.45) is 0 Å². The maximum absolute atomic E-state index is 12.1. The van der Waals surface area contributed by atoms with Gasteiger partial charge in [-0.25, -0.2) is 14.4 Å². The molecule has 0 spiro atoms. The van der Waals surface area contributed by atoms with E-state index in [1.807, 2.05) is 4.98 Å². The lowest BCUT2D eigenvalue weighted by molar-refractivity contribution is 0.0492. The van der Waals surface area contributed by atoms with Crippen molar-refractivity contribution in [1.82, 2.24) is 4.98 Å². The number of hydrogen-bond donors (Lipinski definition) is 4. The van der Waals surface area contributed by atoms with Gasteiger partial charge in [0.25, 0.3) is 5.56 Å². The number of ether oxygens (including phenoxy) is 1. The number of nitrogen functional groups attached to an aromatic ring is 1. The standard InChI is InChI=1S/C18H14N2O8/c1-2-27-18(26)10-6-8-5-7(3-4-9(8)28-10)11-12(16(22)23)14(19)20-15(21)13(11)17(24)25/h3-6H,2H2,1H3,(H,22,23)(H,24,25)(H3,19,20,21). The summed E-state index contributed by atoms with van der Waals surface area (Å²) in [4.78, 5) is 49.2. The quantitative estimate of drug-likeness (QED) is 0.478. The number of nitrogens with one attached hydrogen (secondary N) is 1. The van der Waals surface area contributed by atoms with Gasteiger partial charge in [0.05, 0.1) is 6.61 Å². The highest BCUT2D eigenvalue weighted by atomic mass is 16.5. The molecule has 28 heavy (non-hydrogen) atoms. The predicted molar refractivity (Wildman–Crippen MR) is 96.6 cm³/mol. The lowest BCUT2D eigenvalue weighted by Gasteiger charge is -2.12. The number of fused-ring (bicyclic) bond motifs is 1. The predicted octanol–water partition coefficient (Wildman–Crippen LogP) is 1.94. The van der Waals surface area contributed by atoms with E-state index in [4.69, 9.17) is 14.9 Å². The molecule has 0 radical (unpaired) electrons. The van der Waals surface area contributed by atoms with Gasteiger partial charge in [0, 0.05) is 10.9 Å². The number of aromatic nitrogens is 1. The van der Waals surface area contributed by atoms with Crippen LogP contribution in [0.15, 0.2) is 33.5 Å². The smallest absolute Gasteiger partial charge is 0.374 e. The largest absolute Gasteiger partial charge is 0.478 e. The van der Waals surface area contributed by atoms with Crippen molar-refractivity contribution in [2.75, 3.05) is 12.3 Å². The fourth-order valence-electron chi connectivity index (χ4n) is 2.84. The Balaban J connectivity index is 2.30. The van der Waals surface area contributed by atoms with Crippen LogP contribution in [-0.2, 0) is 4.74 Å². The lowest BCUT2D eigenvalue weighted by atomic mass is 9.94. The maximum Gasteiger partial charge on any atom is 0.374 e. The Morgan fingerprint density at radius 3 is 2.43 bits per heavy atom. The summed E-state index contributed by atoms with van der Waals surface area (Å²) >= 11 is 0. The van der Waals surface area contributed by atoms with Gasteiger partial charge in [-0.05, 0) is 30.7 Å². The number of aromatic carboxylic acids is 2.